The van der Waals surface area contributed by atoms with Crippen molar-refractivity contribution in [1.29, 1.82) is 0 Å². The van der Waals surface area contributed by atoms with E-state index in [-0.39, 0.29) is 11.9 Å². The minimum Gasteiger partial charge on any atom is -0.374 e. The summed E-state index contributed by atoms with van der Waals surface area (Å²) in [5.74, 6) is -0.327. The molecule has 1 saturated carbocycles. The molecule has 0 heterocycles. The summed E-state index contributed by atoms with van der Waals surface area (Å²) >= 11 is 2.23. The van der Waals surface area contributed by atoms with Crippen LogP contribution in [0.2, 0.25) is 0 Å². The van der Waals surface area contributed by atoms with E-state index in [1.807, 2.05) is 24.3 Å². The Balaban J connectivity index is 1.77. The van der Waals surface area contributed by atoms with E-state index >= 15 is 0 Å². The van der Waals surface area contributed by atoms with Crippen molar-refractivity contribution in [3.63, 3.8) is 0 Å². The van der Waals surface area contributed by atoms with E-state index < -0.39 is 12.1 Å². The van der Waals surface area contributed by atoms with Crippen LogP contribution in [-0.4, -0.2) is 24.0 Å². The maximum Gasteiger partial charge on any atom is 0.321 e. The highest BCUT2D eigenvalue weighted by Crippen LogP contribution is 2.17. The van der Waals surface area contributed by atoms with Gasteiger partial charge < -0.3 is 10.6 Å². The zero-order valence-corrected chi connectivity index (χ0v) is 14.9. The quantitative estimate of drug-likeness (QED) is 0.662. The molecule has 6 heteroatoms. The summed E-state index contributed by atoms with van der Waals surface area (Å²) in [5.41, 5.74) is 0.857. The lowest BCUT2D eigenvalue weighted by Crippen LogP contribution is -2.49. The topological polar surface area (TPSA) is 70.2 Å². The molecular formula is C16H22IN3O2. The van der Waals surface area contributed by atoms with Crippen molar-refractivity contribution in [1.82, 2.24) is 10.6 Å². The fraction of sp³-hybridized carbons (Fsp3) is 0.500. The molecular weight excluding hydrogens is 393 g/mol. The Labute approximate surface area is 144 Å². The molecule has 0 aromatic heterocycles. The van der Waals surface area contributed by atoms with Crippen LogP contribution < -0.4 is 16.0 Å². The average Bonchev–Trinajstić information content (AvgIpc) is 2.50. The molecule has 5 nitrogen and oxygen atoms in total. The fourth-order valence-corrected chi connectivity index (χ4v) is 2.91. The van der Waals surface area contributed by atoms with Crippen LogP contribution in [0.25, 0.3) is 0 Å². The van der Waals surface area contributed by atoms with E-state index in [4.69, 9.17) is 0 Å². The van der Waals surface area contributed by atoms with Gasteiger partial charge in [0.05, 0.1) is 0 Å². The van der Waals surface area contributed by atoms with Crippen molar-refractivity contribution in [2.45, 2.75) is 51.1 Å². The summed E-state index contributed by atoms with van der Waals surface area (Å²) in [6.07, 6.45) is 5.51. The van der Waals surface area contributed by atoms with Gasteiger partial charge in [-0.25, -0.2) is 4.79 Å². The number of hydrogen-bond donors (Lipinski definition) is 3. The highest BCUT2D eigenvalue weighted by Gasteiger charge is 2.19. The molecule has 0 unspecified atom stereocenters. The molecule has 0 spiro atoms. The van der Waals surface area contributed by atoms with Gasteiger partial charge in [0.15, 0.2) is 0 Å². The number of urea groups is 1. The highest BCUT2D eigenvalue weighted by atomic mass is 127. The lowest BCUT2D eigenvalue weighted by molar-refractivity contribution is -0.120. The summed E-state index contributed by atoms with van der Waals surface area (Å²) in [5, 5.41) is 8.36. The third-order valence-electron chi connectivity index (χ3n) is 3.80. The van der Waals surface area contributed by atoms with Gasteiger partial charge in [-0.15, -0.1) is 0 Å². The first-order valence-electron chi connectivity index (χ1n) is 7.68. The minimum atomic E-state index is -0.475. The Morgan fingerprint density at radius 3 is 2.41 bits per heavy atom. The van der Waals surface area contributed by atoms with Crippen LogP contribution in [-0.2, 0) is 4.79 Å². The number of rotatable bonds is 4. The monoisotopic (exact) mass is 415 g/mol. The number of nitrogens with one attached hydrogen (secondary N) is 3. The van der Waals surface area contributed by atoms with Crippen molar-refractivity contribution in [2.24, 2.45) is 0 Å². The zero-order chi connectivity index (χ0) is 15.9. The number of carbonyl (C=O) groups is 2. The van der Waals surface area contributed by atoms with Crippen molar-refractivity contribution in [3.05, 3.63) is 27.8 Å². The van der Waals surface area contributed by atoms with Gasteiger partial charge in [0.25, 0.3) is 0 Å². The molecule has 1 aromatic carbocycles. The molecule has 1 atom stereocenters. The maximum absolute atomic E-state index is 12.0. The molecule has 1 aliphatic rings. The van der Waals surface area contributed by atoms with Crippen molar-refractivity contribution in [2.75, 3.05) is 5.32 Å². The first-order valence-corrected chi connectivity index (χ1v) is 8.76. The number of imide groups is 1. The molecule has 3 N–H and O–H groups in total. The van der Waals surface area contributed by atoms with Gasteiger partial charge in [0, 0.05) is 15.3 Å². The number of hydrogen-bond acceptors (Lipinski definition) is 3. The molecule has 0 saturated heterocycles. The smallest absolute Gasteiger partial charge is 0.321 e. The number of anilines is 1. The summed E-state index contributed by atoms with van der Waals surface area (Å²) < 4.78 is 1.13. The number of carbonyl (C=O) groups excluding carboxylic acids is 2. The van der Waals surface area contributed by atoms with Crippen LogP contribution in [0, 0.1) is 3.57 Å². The second kappa shape index (κ2) is 8.36. The summed E-state index contributed by atoms with van der Waals surface area (Å²) in [6, 6.07) is 7.07. The van der Waals surface area contributed by atoms with Crippen molar-refractivity contribution in [3.8, 4) is 0 Å². The predicted molar refractivity (Wildman–Crippen MR) is 95.8 cm³/mol. The third-order valence-corrected chi connectivity index (χ3v) is 4.52. The Kier molecular flexibility index (Phi) is 6.48. The van der Waals surface area contributed by atoms with Crippen LogP contribution in [0.1, 0.15) is 39.0 Å². The summed E-state index contributed by atoms with van der Waals surface area (Å²) in [4.78, 5) is 23.9. The van der Waals surface area contributed by atoms with E-state index in [9.17, 15) is 9.59 Å². The standard InChI is InChI=1S/C16H22IN3O2/c1-11(18-14-9-7-12(17)8-10-14)15(21)20-16(22)19-13-5-3-2-4-6-13/h7-11,13,18H,2-6H2,1H3,(H2,19,20,21,22)/t11-/m1/s1. The van der Waals surface area contributed by atoms with Crippen molar-refractivity contribution >= 4 is 40.2 Å². The molecule has 1 aromatic rings. The molecule has 22 heavy (non-hydrogen) atoms. The fourth-order valence-electron chi connectivity index (χ4n) is 2.55. The molecule has 1 fully saturated rings. The SMILES string of the molecule is C[C@@H](Nc1ccc(I)cc1)C(=O)NC(=O)NC1CCCCC1. The van der Waals surface area contributed by atoms with Crippen LogP contribution in [0.5, 0.6) is 0 Å². The van der Waals surface area contributed by atoms with E-state index in [1.54, 1.807) is 6.92 Å². The normalized spacial score (nSPS) is 16.6. The van der Waals surface area contributed by atoms with Crippen molar-refractivity contribution < 1.29 is 9.59 Å². The lowest BCUT2D eigenvalue weighted by Gasteiger charge is -2.23. The molecule has 1 aliphatic carbocycles. The molecule has 3 amide bonds. The average molecular weight is 415 g/mol. The Morgan fingerprint density at radius 2 is 1.77 bits per heavy atom. The molecule has 2 rings (SSSR count). The van der Waals surface area contributed by atoms with Gasteiger partial charge in [0.1, 0.15) is 6.04 Å². The first-order chi connectivity index (χ1) is 10.5. The second-order valence-electron chi connectivity index (χ2n) is 5.67. The second-order valence-corrected chi connectivity index (χ2v) is 6.92. The van der Waals surface area contributed by atoms with Gasteiger partial charge in [-0.2, -0.15) is 0 Å². The maximum atomic E-state index is 12.0. The van der Waals surface area contributed by atoms with Crippen LogP contribution >= 0.6 is 22.6 Å². The van der Waals surface area contributed by atoms with E-state index in [0.717, 1.165) is 34.9 Å². The van der Waals surface area contributed by atoms with Gasteiger partial charge in [-0.1, -0.05) is 19.3 Å². The molecule has 0 radical (unpaired) electrons. The van der Waals surface area contributed by atoms with Gasteiger partial charge in [-0.3, -0.25) is 10.1 Å². The van der Waals surface area contributed by atoms with E-state index in [2.05, 4.69) is 38.5 Å². The van der Waals surface area contributed by atoms with Gasteiger partial charge >= 0.3 is 6.03 Å². The van der Waals surface area contributed by atoms with E-state index in [0.29, 0.717) is 0 Å². The Morgan fingerprint density at radius 1 is 1.14 bits per heavy atom. The lowest BCUT2D eigenvalue weighted by atomic mass is 9.96. The summed E-state index contributed by atoms with van der Waals surface area (Å²) in [7, 11) is 0. The van der Waals surface area contributed by atoms with Gasteiger partial charge in [0.2, 0.25) is 5.91 Å². The molecule has 0 aliphatic heterocycles. The van der Waals surface area contributed by atoms with Crippen LogP contribution in [0.15, 0.2) is 24.3 Å². The third kappa shape index (κ3) is 5.47. The molecule has 0 bridgehead atoms. The summed E-state index contributed by atoms with van der Waals surface area (Å²) in [6.45, 7) is 1.74. The first kappa shape index (κ1) is 17.1. The Hall–Kier alpha value is -1.31. The molecule has 120 valence electrons. The van der Waals surface area contributed by atoms with E-state index in [1.165, 1.54) is 6.42 Å². The van der Waals surface area contributed by atoms with Gasteiger partial charge in [-0.05, 0) is 66.6 Å². The zero-order valence-electron chi connectivity index (χ0n) is 12.7. The highest BCUT2D eigenvalue weighted by molar-refractivity contribution is 14.1. The minimum absolute atomic E-state index is 0.195. The number of benzene rings is 1. The van der Waals surface area contributed by atoms with Crippen LogP contribution in [0.3, 0.4) is 0 Å². The number of halogens is 1. The largest absolute Gasteiger partial charge is 0.374 e. The Bertz CT molecular complexity index is 513. The predicted octanol–water partition coefficient (Wildman–Crippen LogP) is 3.25. The van der Waals surface area contributed by atoms with Crippen LogP contribution in [0.4, 0.5) is 10.5 Å². The number of amides is 3.